The van der Waals surface area contributed by atoms with E-state index in [-0.39, 0.29) is 12.3 Å². The molecule has 0 aliphatic rings. The predicted molar refractivity (Wildman–Crippen MR) is 73.8 cm³/mol. The van der Waals surface area contributed by atoms with Gasteiger partial charge in [0.1, 0.15) is 11.5 Å². The molecule has 0 bridgehead atoms. The Kier molecular flexibility index (Phi) is 4.75. The largest absolute Gasteiger partial charge is 0.300 e. The van der Waals surface area contributed by atoms with Crippen molar-refractivity contribution >= 4 is 16.7 Å². The second kappa shape index (κ2) is 5.91. The highest BCUT2D eigenvalue weighted by Gasteiger charge is 2.17. The van der Waals surface area contributed by atoms with Crippen LogP contribution in [0.2, 0.25) is 0 Å². The zero-order valence-corrected chi connectivity index (χ0v) is 12.1. The van der Waals surface area contributed by atoms with Crippen molar-refractivity contribution < 1.29 is 9.18 Å². The first-order valence-corrected chi connectivity index (χ1v) is 6.13. The van der Waals surface area contributed by atoms with Crippen LogP contribution in [0.4, 0.5) is 4.39 Å². The lowest BCUT2D eigenvalue weighted by Gasteiger charge is -2.13. The Labute approximate surface area is 112 Å². The lowest BCUT2D eigenvalue weighted by Crippen LogP contribution is -2.21. The highest BCUT2D eigenvalue weighted by Crippen LogP contribution is 2.17. The van der Waals surface area contributed by atoms with Crippen LogP contribution in [0.5, 0.6) is 0 Å². The zero-order valence-electron chi connectivity index (χ0n) is 12.1. The van der Waals surface area contributed by atoms with Crippen LogP contribution in [-0.4, -0.2) is 26.2 Å². The van der Waals surface area contributed by atoms with Crippen molar-refractivity contribution in [2.75, 3.05) is 0 Å². The minimum absolute atomic E-state index is 0.167. The lowest BCUT2D eigenvalue weighted by molar-refractivity contribution is -0.114. The smallest absolute Gasteiger partial charge is 0.126 e. The number of alkyl halides is 1. The van der Waals surface area contributed by atoms with Gasteiger partial charge in [-0.2, -0.15) is 5.10 Å². The Morgan fingerprint density at radius 2 is 1.95 bits per heavy atom. The average molecular weight is 265 g/mol. The Balaban J connectivity index is 0.000000399. The van der Waals surface area contributed by atoms with E-state index < -0.39 is 5.67 Å². The first-order chi connectivity index (χ1) is 8.69. The van der Waals surface area contributed by atoms with Gasteiger partial charge >= 0.3 is 0 Å². The van der Waals surface area contributed by atoms with E-state index in [4.69, 9.17) is 0 Å². The Bertz CT molecular complexity index is 566. The zero-order chi connectivity index (χ0) is 14.6. The maximum atomic E-state index is 13.4. The van der Waals surface area contributed by atoms with E-state index in [1.165, 1.54) is 13.8 Å². The van der Waals surface area contributed by atoms with Crippen LogP contribution >= 0.6 is 0 Å². The van der Waals surface area contributed by atoms with E-state index in [9.17, 15) is 9.18 Å². The van der Waals surface area contributed by atoms with Crippen molar-refractivity contribution in [2.45, 2.75) is 46.8 Å². The lowest BCUT2D eigenvalue weighted by atomic mass is 10.2. The number of aromatic nitrogens is 3. The third-order valence-electron chi connectivity index (χ3n) is 2.18. The second-order valence-electron chi connectivity index (χ2n) is 5.35. The number of pyridine rings is 1. The number of hydrogen-bond donors (Lipinski definition) is 0. The predicted octanol–water partition coefficient (Wildman–Crippen LogP) is 3.08. The summed E-state index contributed by atoms with van der Waals surface area (Å²) >= 11 is 0. The van der Waals surface area contributed by atoms with Crippen molar-refractivity contribution in [1.29, 1.82) is 0 Å². The summed E-state index contributed by atoms with van der Waals surface area (Å²) in [4.78, 5) is 13.5. The number of carbonyl (C=O) groups is 1. The Morgan fingerprint density at radius 1 is 1.37 bits per heavy atom. The topological polar surface area (TPSA) is 47.8 Å². The number of aryl methyl sites for hydroxylation is 1. The van der Waals surface area contributed by atoms with Crippen LogP contribution in [0.25, 0.3) is 10.9 Å². The van der Waals surface area contributed by atoms with Gasteiger partial charge in [-0.15, -0.1) is 0 Å². The van der Waals surface area contributed by atoms with Crippen LogP contribution in [0.3, 0.4) is 0 Å². The average Bonchev–Trinajstić information content (AvgIpc) is 2.57. The summed E-state index contributed by atoms with van der Waals surface area (Å²) in [6.45, 7) is 8.36. The van der Waals surface area contributed by atoms with Gasteiger partial charge in [0.25, 0.3) is 0 Å². The third kappa shape index (κ3) is 5.16. The van der Waals surface area contributed by atoms with Crippen LogP contribution < -0.4 is 0 Å². The molecule has 4 nitrogen and oxygen atoms in total. The van der Waals surface area contributed by atoms with Gasteiger partial charge in [-0.05, 0) is 40.2 Å². The molecular weight excluding hydrogens is 245 g/mol. The van der Waals surface area contributed by atoms with Crippen LogP contribution in [-0.2, 0) is 11.3 Å². The third-order valence-corrected chi connectivity index (χ3v) is 2.18. The molecule has 0 saturated heterocycles. The fourth-order valence-corrected chi connectivity index (χ4v) is 1.59. The SMILES string of the molecule is CC(C)=O.Cc1cncc2cn(CC(C)(C)F)nc12. The fraction of sp³-hybridized carbons (Fsp3) is 0.500. The van der Waals surface area contributed by atoms with E-state index in [0.29, 0.717) is 0 Å². The first-order valence-electron chi connectivity index (χ1n) is 6.13. The van der Waals surface area contributed by atoms with Crippen molar-refractivity contribution in [3.63, 3.8) is 0 Å². The van der Waals surface area contributed by atoms with Crippen molar-refractivity contribution in [3.8, 4) is 0 Å². The van der Waals surface area contributed by atoms with Gasteiger partial charge in [0.15, 0.2) is 0 Å². The molecule has 0 saturated carbocycles. The van der Waals surface area contributed by atoms with E-state index in [1.54, 1.807) is 30.9 Å². The number of hydrogen-bond acceptors (Lipinski definition) is 3. The number of rotatable bonds is 2. The quantitative estimate of drug-likeness (QED) is 0.838. The first kappa shape index (κ1) is 15.3. The van der Waals surface area contributed by atoms with E-state index in [0.717, 1.165) is 16.5 Å². The van der Waals surface area contributed by atoms with Gasteiger partial charge in [0, 0.05) is 24.0 Å². The summed E-state index contributed by atoms with van der Waals surface area (Å²) in [5, 5.41) is 5.29. The molecule has 2 aromatic heterocycles. The molecule has 2 rings (SSSR count). The Hall–Kier alpha value is -1.78. The summed E-state index contributed by atoms with van der Waals surface area (Å²) in [7, 11) is 0. The van der Waals surface area contributed by atoms with Gasteiger partial charge in [-0.1, -0.05) is 0 Å². The molecule has 0 fully saturated rings. The second-order valence-corrected chi connectivity index (χ2v) is 5.35. The molecule has 104 valence electrons. The maximum Gasteiger partial charge on any atom is 0.126 e. The Morgan fingerprint density at radius 3 is 2.42 bits per heavy atom. The maximum absolute atomic E-state index is 13.4. The number of halogens is 1. The van der Waals surface area contributed by atoms with Crippen molar-refractivity contribution in [3.05, 3.63) is 24.2 Å². The summed E-state index contributed by atoms with van der Waals surface area (Å²) in [6, 6.07) is 0. The summed E-state index contributed by atoms with van der Waals surface area (Å²) in [5.74, 6) is 0.167. The molecule has 0 spiro atoms. The van der Waals surface area contributed by atoms with Gasteiger partial charge in [0.05, 0.1) is 12.1 Å². The number of Topliss-reactive ketones (excluding diaryl/α,β-unsaturated/α-hetero) is 1. The highest BCUT2D eigenvalue weighted by molar-refractivity contribution is 5.79. The molecule has 0 aromatic carbocycles. The molecule has 0 atom stereocenters. The summed E-state index contributed by atoms with van der Waals surface area (Å²) in [5.41, 5.74) is 0.667. The number of nitrogens with zero attached hydrogens (tertiary/aromatic N) is 3. The van der Waals surface area contributed by atoms with Crippen molar-refractivity contribution in [2.24, 2.45) is 0 Å². The number of ketones is 1. The monoisotopic (exact) mass is 265 g/mol. The molecule has 5 heteroatoms. The van der Waals surface area contributed by atoms with E-state index in [1.807, 2.05) is 13.1 Å². The number of carbonyl (C=O) groups excluding carboxylic acids is 1. The fourth-order valence-electron chi connectivity index (χ4n) is 1.59. The molecule has 0 radical (unpaired) electrons. The normalized spacial score (nSPS) is 11.1. The summed E-state index contributed by atoms with van der Waals surface area (Å²) < 4.78 is 15.1. The minimum atomic E-state index is -1.25. The van der Waals surface area contributed by atoms with Crippen LogP contribution in [0.1, 0.15) is 33.3 Å². The molecule has 0 unspecified atom stereocenters. The highest BCUT2D eigenvalue weighted by atomic mass is 19.1. The van der Waals surface area contributed by atoms with Gasteiger partial charge in [0.2, 0.25) is 0 Å². The van der Waals surface area contributed by atoms with Gasteiger partial charge < -0.3 is 4.79 Å². The summed E-state index contributed by atoms with van der Waals surface area (Å²) in [6.07, 6.45) is 5.34. The molecule has 0 aliphatic heterocycles. The molecule has 0 aliphatic carbocycles. The molecule has 0 N–H and O–H groups in total. The van der Waals surface area contributed by atoms with Crippen LogP contribution in [0.15, 0.2) is 18.6 Å². The molecular formula is C14H20FN3O. The molecule has 2 heterocycles. The van der Waals surface area contributed by atoms with Gasteiger partial charge in [-0.3, -0.25) is 9.67 Å². The minimum Gasteiger partial charge on any atom is -0.300 e. The van der Waals surface area contributed by atoms with Crippen molar-refractivity contribution in [1.82, 2.24) is 14.8 Å². The molecule has 2 aromatic rings. The number of fused-ring (bicyclic) bond motifs is 1. The standard InChI is InChI=1S/C11H14FN3.C3H6O/c1-8-4-13-5-9-6-15(14-10(8)9)7-11(2,3)12;1-3(2)4/h4-6H,7H2,1-3H3;1-2H3. The van der Waals surface area contributed by atoms with Gasteiger partial charge in [-0.25, -0.2) is 4.39 Å². The molecule has 19 heavy (non-hydrogen) atoms. The van der Waals surface area contributed by atoms with E-state index in [2.05, 4.69) is 10.1 Å². The van der Waals surface area contributed by atoms with Crippen LogP contribution in [0, 0.1) is 6.92 Å². The van der Waals surface area contributed by atoms with E-state index >= 15 is 0 Å². The molecule has 0 amide bonds.